The van der Waals surface area contributed by atoms with Crippen molar-refractivity contribution in [3.8, 4) is 11.5 Å². The number of hydrogen-bond donors (Lipinski definition) is 2. The summed E-state index contributed by atoms with van der Waals surface area (Å²) in [6, 6.07) is 9.57. The smallest absolute Gasteiger partial charge is 0.504 e. The van der Waals surface area contributed by atoms with Crippen LogP contribution in [0.2, 0.25) is 5.02 Å². The van der Waals surface area contributed by atoms with E-state index in [0.717, 1.165) is 0 Å². The van der Waals surface area contributed by atoms with Gasteiger partial charge in [0.05, 0.1) is 12.8 Å². The molecule has 2 aromatic rings. The maximum absolute atomic E-state index is 13.2. The number of fused-ring (bicyclic) bond motifs is 1. The normalized spacial score (nSPS) is 18.3. The van der Waals surface area contributed by atoms with E-state index in [0.29, 0.717) is 28.4 Å². The number of nitrogens with zero attached hydrogens (tertiary/aromatic N) is 1. The fraction of sp³-hybridized carbons (Fsp3) is 0.263. The lowest BCUT2D eigenvalue weighted by Gasteiger charge is -2.28. The van der Waals surface area contributed by atoms with Crippen molar-refractivity contribution in [1.29, 1.82) is 0 Å². The first-order valence-electron chi connectivity index (χ1n) is 8.22. The van der Waals surface area contributed by atoms with Gasteiger partial charge in [0.1, 0.15) is 0 Å². The van der Waals surface area contributed by atoms with Crippen molar-refractivity contribution >= 4 is 29.4 Å². The highest BCUT2D eigenvalue weighted by Gasteiger charge is 2.54. The van der Waals surface area contributed by atoms with Gasteiger partial charge in [-0.1, -0.05) is 23.7 Å². The van der Waals surface area contributed by atoms with E-state index in [9.17, 15) is 19.8 Å². The molecule has 2 aromatic carbocycles. The number of carbonyl (C=O) groups excluding carboxylic acids is 1. The van der Waals surface area contributed by atoms with Gasteiger partial charge in [-0.15, -0.1) is 0 Å². The molecule has 3 rings (SSSR count). The van der Waals surface area contributed by atoms with E-state index in [1.807, 2.05) is 0 Å². The summed E-state index contributed by atoms with van der Waals surface area (Å²) in [5, 5.41) is 20.1. The highest BCUT2D eigenvalue weighted by Crippen LogP contribution is 2.47. The lowest BCUT2D eigenvalue weighted by molar-refractivity contribution is -0.138. The van der Waals surface area contributed by atoms with Crippen molar-refractivity contribution in [2.75, 3.05) is 18.6 Å². The van der Waals surface area contributed by atoms with Crippen LogP contribution in [0.4, 0.5) is 10.5 Å². The van der Waals surface area contributed by atoms with Crippen LogP contribution in [-0.2, 0) is 21.6 Å². The van der Waals surface area contributed by atoms with Crippen LogP contribution < -0.4 is 9.64 Å². The Balaban J connectivity index is 2.21. The molecule has 7 nitrogen and oxygen atoms in total. The Bertz CT molecular complexity index is 915. The van der Waals surface area contributed by atoms with Gasteiger partial charge in [0.2, 0.25) is 5.60 Å². The number of ether oxygens (including phenoxy) is 2. The summed E-state index contributed by atoms with van der Waals surface area (Å²) in [6.07, 6.45) is -1.81. The minimum absolute atomic E-state index is 0.181. The third-order valence-electron chi connectivity index (χ3n) is 4.59. The minimum atomic E-state index is -1.86. The molecule has 8 heteroatoms. The number of benzene rings is 2. The number of halogens is 1. The number of para-hydroxylation sites is 1. The number of rotatable bonds is 5. The SMILES string of the molecule is CCN1C(=O)C(Cc2cccc(OC)c2O)(OC(=O)O)c2cc(Cl)ccc21. The van der Waals surface area contributed by atoms with Crippen molar-refractivity contribution < 1.29 is 29.3 Å². The lowest BCUT2D eigenvalue weighted by atomic mass is 9.87. The van der Waals surface area contributed by atoms with Crippen LogP contribution in [0.3, 0.4) is 0 Å². The fourth-order valence-corrected chi connectivity index (χ4v) is 3.59. The molecule has 0 aliphatic carbocycles. The Kier molecular flexibility index (Phi) is 4.89. The van der Waals surface area contributed by atoms with E-state index in [-0.39, 0.29) is 17.9 Å². The van der Waals surface area contributed by atoms with Crippen molar-refractivity contribution in [3.63, 3.8) is 0 Å². The molecule has 0 spiro atoms. The van der Waals surface area contributed by atoms with E-state index in [1.165, 1.54) is 18.1 Å². The maximum Gasteiger partial charge on any atom is 0.507 e. The van der Waals surface area contributed by atoms with Crippen LogP contribution in [-0.4, -0.2) is 35.9 Å². The second-order valence-corrected chi connectivity index (χ2v) is 6.49. The summed E-state index contributed by atoms with van der Waals surface area (Å²) in [5.74, 6) is -0.506. The Hall–Kier alpha value is -2.93. The van der Waals surface area contributed by atoms with Gasteiger partial charge >= 0.3 is 6.16 Å². The number of amides is 1. The molecule has 27 heavy (non-hydrogen) atoms. The van der Waals surface area contributed by atoms with E-state index in [4.69, 9.17) is 21.1 Å². The Labute approximate surface area is 160 Å². The average molecular weight is 392 g/mol. The molecule has 1 atom stereocenters. The van der Waals surface area contributed by atoms with Crippen LogP contribution in [0.15, 0.2) is 36.4 Å². The largest absolute Gasteiger partial charge is 0.507 e. The molecule has 0 saturated carbocycles. The molecule has 1 unspecified atom stereocenters. The van der Waals surface area contributed by atoms with Crippen LogP contribution in [0, 0.1) is 0 Å². The topological polar surface area (TPSA) is 96.3 Å². The van der Waals surface area contributed by atoms with Crippen LogP contribution >= 0.6 is 11.6 Å². The standard InChI is InChI=1S/C19H18ClNO6/c1-3-21-14-8-7-12(20)9-13(14)19(17(21)23,27-18(24)25)10-11-5-4-6-15(26-2)16(11)22/h4-9,22H,3,10H2,1-2H3,(H,24,25). The van der Waals surface area contributed by atoms with Crippen LogP contribution in [0.25, 0.3) is 0 Å². The van der Waals surface area contributed by atoms with Gasteiger partial charge in [0, 0.05) is 29.1 Å². The van der Waals surface area contributed by atoms with Crippen molar-refractivity contribution in [2.45, 2.75) is 18.9 Å². The van der Waals surface area contributed by atoms with Crippen molar-refractivity contribution in [2.24, 2.45) is 0 Å². The summed E-state index contributed by atoms with van der Waals surface area (Å²) in [5.41, 5.74) is -0.679. The zero-order valence-electron chi connectivity index (χ0n) is 14.7. The zero-order chi connectivity index (χ0) is 19.8. The third kappa shape index (κ3) is 3.04. The lowest BCUT2D eigenvalue weighted by Crippen LogP contribution is -2.45. The molecule has 142 valence electrons. The third-order valence-corrected chi connectivity index (χ3v) is 4.83. The molecule has 1 aliphatic heterocycles. The van der Waals surface area contributed by atoms with Crippen LogP contribution in [0.1, 0.15) is 18.1 Å². The second kappa shape index (κ2) is 7.00. The molecule has 0 saturated heterocycles. The van der Waals surface area contributed by atoms with E-state index < -0.39 is 17.7 Å². The summed E-state index contributed by atoms with van der Waals surface area (Å²) in [7, 11) is 1.40. The monoisotopic (exact) mass is 391 g/mol. The molecule has 0 aromatic heterocycles. The number of aromatic hydroxyl groups is 1. The highest BCUT2D eigenvalue weighted by molar-refractivity contribution is 6.31. The summed E-state index contributed by atoms with van der Waals surface area (Å²) in [4.78, 5) is 26.1. The van der Waals surface area contributed by atoms with Gasteiger partial charge in [-0.05, 0) is 31.2 Å². The van der Waals surface area contributed by atoms with Crippen molar-refractivity contribution in [1.82, 2.24) is 0 Å². The van der Waals surface area contributed by atoms with Gasteiger partial charge in [0.15, 0.2) is 11.5 Å². The zero-order valence-corrected chi connectivity index (χ0v) is 15.5. The van der Waals surface area contributed by atoms with Gasteiger partial charge in [0.25, 0.3) is 5.91 Å². The molecule has 0 fully saturated rings. The van der Waals surface area contributed by atoms with Gasteiger partial charge in [-0.2, -0.15) is 0 Å². The number of phenolic OH excluding ortho intramolecular Hbond substituents is 1. The van der Waals surface area contributed by atoms with E-state index in [1.54, 1.807) is 37.3 Å². The molecule has 1 heterocycles. The quantitative estimate of drug-likeness (QED) is 0.756. The first-order valence-corrected chi connectivity index (χ1v) is 8.60. The first kappa shape index (κ1) is 18.8. The highest BCUT2D eigenvalue weighted by atomic mass is 35.5. The predicted molar refractivity (Wildman–Crippen MR) is 98.6 cm³/mol. The number of carbonyl (C=O) groups is 2. The van der Waals surface area contributed by atoms with Gasteiger partial charge in [-0.25, -0.2) is 4.79 Å². The summed E-state index contributed by atoms with van der Waals surface area (Å²) < 4.78 is 10.3. The molecule has 1 aliphatic rings. The molecule has 1 amide bonds. The van der Waals surface area contributed by atoms with Gasteiger partial charge < -0.3 is 24.6 Å². The fourth-order valence-electron chi connectivity index (χ4n) is 3.42. The molecule has 2 N–H and O–H groups in total. The first-order chi connectivity index (χ1) is 12.8. The van der Waals surface area contributed by atoms with Gasteiger partial charge in [-0.3, -0.25) is 4.79 Å². The number of hydrogen-bond acceptors (Lipinski definition) is 5. The Morgan fingerprint density at radius 3 is 2.67 bits per heavy atom. The Morgan fingerprint density at radius 1 is 1.30 bits per heavy atom. The second-order valence-electron chi connectivity index (χ2n) is 6.05. The number of likely N-dealkylation sites (N-methyl/N-ethyl adjacent to an activating group) is 1. The minimum Gasteiger partial charge on any atom is -0.504 e. The number of carboxylic acid groups (broad SMARTS) is 1. The predicted octanol–water partition coefficient (Wildman–Crippen LogP) is 3.55. The molecule has 0 radical (unpaired) electrons. The number of phenols is 1. The summed E-state index contributed by atoms with van der Waals surface area (Å²) >= 11 is 6.11. The molecule has 0 bridgehead atoms. The molecular weight excluding hydrogens is 374 g/mol. The molecular formula is C19H18ClNO6. The van der Waals surface area contributed by atoms with E-state index in [2.05, 4.69) is 0 Å². The maximum atomic E-state index is 13.2. The van der Waals surface area contributed by atoms with E-state index >= 15 is 0 Å². The Morgan fingerprint density at radius 2 is 2.04 bits per heavy atom. The number of anilines is 1. The average Bonchev–Trinajstić information content (AvgIpc) is 2.84. The number of methoxy groups -OCH3 is 1. The summed E-state index contributed by atoms with van der Waals surface area (Å²) in [6.45, 7) is 2.10. The van der Waals surface area contributed by atoms with Crippen LogP contribution in [0.5, 0.6) is 11.5 Å². The van der Waals surface area contributed by atoms with Crippen molar-refractivity contribution in [3.05, 3.63) is 52.5 Å².